The molecule has 102 valence electrons. The third-order valence-corrected chi connectivity index (χ3v) is 4.54. The summed E-state index contributed by atoms with van der Waals surface area (Å²) < 4.78 is 6.10. The lowest BCUT2D eigenvalue weighted by atomic mass is 10.2. The molecule has 20 heavy (non-hydrogen) atoms. The van der Waals surface area contributed by atoms with Crippen molar-refractivity contribution in [1.29, 1.82) is 0 Å². The fourth-order valence-electron chi connectivity index (χ4n) is 2.00. The highest BCUT2D eigenvalue weighted by Crippen LogP contribution is 2.29. The Hall–Kier alpha value is -2.14. The molecule has 0 saturated heterocycles. The molecule has 0 radical (unpaired) electrons. The van der Waals surface area contributed by atoms with E-state index >= 15 is 0 Å². The SMILES string of the molecule is C[C@@H](c1nc2ccccc2s1)N(C)C(=O)c1ccoc1. The van der Waals surface area contributed by atoms with Crippen molar-refractivity contribution in [2.75, 3.05) is 7.05 Å². The largest absolute Gasteiger partial charge is 0.472 e. The summed E-state index contributed by atoms with van der Waals surface area (Å²) in [5.41, 5.74) is 1.53. The molecule has 0 fully saturated rings. The average Bonchev–Trinajstić information content (AvgIpc) is 3.13. The number of carbonyl (C=O) groups excluding carboxylic acids is 1. The summed E-state index contributed by atoms with van der Waals surface area (Å²) in [5, 5.41) is 0.936. The van der Waals surface area contributed by atoms with Crippen LogP contribution in [0.4, 0.5) is 0 Å². The molecule has 2 aromatic heterocycles. The van der Waals surface area contributed by atoms with Gasteiger partial charge in [-0.05, 0) is 25.1 Å². The van der Waals surface area contributed by atoms with E-state index in [2.05, 4.69) is 4.98 Å². The maximum atomic E-state index is 12.3. The number of benzene rings is 1. The predicted octanol–water partition coefficient (Wildman–Crippen LogP) is 3.72. The van der Waals surface area contributed by atoms with Crippen LogP contribution in [-0.2, 0) is 0 Å². The lowest BCUT2D eigenvalue weighted by Gasteiger charge is -2.22. The van der Waals surface area contributed by atoms with E-state index in [1.54, 1.807) is 29.4 Å². The standard InChI is InChI=1S/C15H14N2O2S/c1-10(17(2)15(18)11-7-8-19-9-11)14-16-12-5-3-4-6-13(12)20-14/h3-10H,1-2H3/t10-/m0/s1. The van der Waals surface area contributed by atoms with Gasteiger partial charge in [0.2, 0.25) is 0 Å². The number of hydrogen-bond acceptors (Lipinski definition) is 4. The number of thiazole rings is 1. The molecule has 0 saturated carbocycles. The third-order valence-electron chi connectivity index (χ3n) is 3.34. The molecule has 0 aliphatic heterocycles. The third kappa shape index (κ3) is 2.20. The van der Waals surface area contributed by atoms with Gasteiger partial charge in [-0.3, -0.25) is 4.79 Å². The molecule has 1 aromatic carbocycles. The molecule has 1 atom stereocenters. The number of rotatable bonds is 3. The van der Waals surface area contributed by atoms with E-state index in [1.807, 2.05) is 31.2 Å². The Kier molecular flexibility index (Phi) is 3.28. The highest BCUT2D eigenvalue weighted by molar-refractivity contribution is 7.18. The van der Waals surface area contributed by atoms with Crippen LogP contribution in [-0.4, -0.2) is 22.8 Å². The molecule has 0 N–H and O–H groups in total. The van der Waals surface area contributed by atoms with Gasteiger partial charge in [-0.15, -0.1) is 11.3 Å². The molecule has 1 amide bonds. The van der Waals surface area contributed by atoms with Crippen LogP contribution in [0.1, 0.15) is 28.3 Å². The monoisotopic (exact) mass is 286 g/mol. The summed E-state index contributed by atoms with van der Waals surface area (Å²) in [5.74, 6) is -0.0643. The molecule has 0 aliphatic rings. The van der Waals surface area contributed by atoms with Crippen LogP contribution in [0.25, 0.3) is 10.2 Å². The highest BCUT2D eigenvalue weighted by Gasteiger charge is 2.22. The Morgan fingerprint density at radius 2 is 2.15 bits per heavy atom. The Balaban J connectivity index is 1.87. The average molecular weight is 286 g/mol. The van der Waals surface area contributed by atoms with Gasteiger partial charge in [0.05, 0.1) is 28.1 Å². The Morgan fingerprint density at radius 3 is 2.85 bits per heavy atom. The van der Waals surface area contributed by atoms with E-state index < -0.39 is 0 Å². The van der Waals surface area contributed by atoms with E-state index in [0.717, 1.165) is 15.2 Å². The molecule has 0 bridgehead atoms. The molecule has 3 rings (SSSR count). The zero-order chi connectivity index (χ0) is 14.1. The molecule has 0 aliphatic carbocycles. The molecular weight excluding hydrogens is 272 g/mol. The fraction of sp³-hybridized carbons (Fsp3) is 0.200. The second-order valence-corrected chi connectivity index (χ2v) is 5.69. The number of nitrogens with zero attached hydrogens (tertiary/aromatic N) is 2. The zero-order valence-corrected chi connectivity index (χ0v) is 12.1. The number of furan rings is 1. The summed E-state index contributed by atoms with van der Waals surface area (Å²) in [6.45, 7) is 1.98. The second-order valence-electron chi connectivity index (χ2n) is 4.62. The van der Waals surface area contributed by atoms with E-state index in [9.17, 15) is 4.79 Å². The number of aromatic nitrogens is 1. The first-order valence-corrected chi connectivity index (χ1v) is 7.13. The first-order chi connectivity index (χ1) is 9.66. The van der Waals surface area contributed by atoms with Gasteiger partial charge in [0.1, 0.15) is 11.3 Å². The topological polar surface area (TPSA) is 46.3 Å². The van der Waals surface area contributed by atoms with Crippen molar-refractivity contribution >= 4 is 27.5 Å². The van der Waals surface area contributed by atoms with Crippen LogP contribution < -0.4 is 0 Å². The molecule has 3 aromatic rings. The molecule has 2 heterocycles. The smallest absolute Gasteiger partial charge is 0.257 e. The first kappa shape index (κ1) is 12.9. The van der Waals surface area contributed by atoms with Gasteiger partial charge in [0, 0.05) is 7.05 Å². The van der Waals surface area contributed by atoms with Gasteiger partial charge in [-0.2, -0.15) is 0 Å². The number of amides is 1. The number of carbonyl (C=O) groups is 1. The van der Waals surface area contributed by atoms with Gasteiger partial charge in [-0.1, -0.05) is 12.1 Å². The van der Waals surface area contributed by atoms with Gasteiger partial charge < -0.3 is 9.32 Å². The lowest BCUT2D eigenvalue weighted by molar-refractivity contribution is 0.0742. The fourth-order valence-corrected chi connectivity index (χ4v) is 3.06. The van der Waals surface area contributed by atoms with E-state index in [4.69, 9.17) is 4.42 Å². The normalized spacial score (nSPS) is 12.5. The van der Waals surface area contributed by atoms with Crippen molar-refractivity contribution in [2.45, 2.75) is 13.0 Å². The predicted molar refractivity (Wildman–Crippen MR) is 78.8 cm³/mol. The molecular formula is C15H14N2O2S. The van der Waals surface area contributed by atoms with Crippen LogP contribution in [0.3, 0.4) is 0 Å². The van der Waals surface area contributed by atoms with E-state index in [1.165, 1.54) is 12.5 Å². The van der Waals surface area contributed by atoms with Gasteiger partial charge in [0.25, 0.3) is 5.91 Å². The summed E-state index contributed by atoms with van der Waals surface area (Å²) in [4.78, 5) is 18.6. The minimum absolute atomic E-state index is 0.0643. The van der Waals surface area contributed by atoms with Gasteiger partial charge >= 0.3 is 0 Å². The summed E-state index contributed by atoms with van der Waals surface area (Å²) in [6, 6.07) is 9.59. The minimum Gasteiger partial charge on any atom is -0.472 e. The van der Waals surface area contributed by atoms with Crippen molar-refractivity contribution in [3.8, 4) is 0 Å². The van der Waals surface area contributed by atoms with Crippen LogP contribution >= 0.6 is 11.3 Å². The molecule has 5 heteroatoms. The summed E-state index contributed by atoms with van der Waals surface area (Å²) in [6.07, 6.45) is 2.97. The Morgan fingerprint density at radius 1 is 1.35 bits per heavy atom. The van der Waals surface area contributed by atoms with Crippen molar-refractivity contribution in [2.24, 2.45) is 0 Å². The van der Waals surface area contributed by atoms with Crippen LogP contribution in [0.15, 0.2) is 47.3 Å². The van der Waals surface area contributed by atoms with Gasteiger partial charge in [-0.25, -0.2) is 4.98 Å². The van der Waals surface area contributed by atoms with E-state index in [-0.39, 0.29) is 11.9 Å². The maximum Gasteiger partial charge on any atom is 0.257 e. The molecule has 4 nitrogen and oxygen atoms in total. The van der Waals surface area contributed by atoms with E-state index in [0.29, 0.717) is 5.56 Å². The van der Waals surface area contributed by atoms with Crippen molar-refractivity contribution in [3.05, 3.63) is 53.4 Å². The Labute approximate surface area is 120 Å². The number of fused-ring (bicyclic) bond motifs is 1. The minimum atomic E-state index is -0.0743. The summed E-state index contributed by atoms with van der Waals surface area (Å²) in [7, 11) is 1.78. The highest BCUT2D eigenvalue weighted by atomic mass is 32.1. The Bertz CT molecular complexity index is 700. The second kappa shape index (κ2) is 5.09. The first-order valence-electron chi connectivity index (χ1n) is 6.31. The molecule has 0 spiro atoms. The van der Waals surface area contributed by atoms with Crippen LogP contribution in [0.2, 0.25) is 0 Å². The zero-order valence-electron chi connectivity index (χ0n) is 11.2. The lowest BCUT2D eigenvalue weighted by Crippen LogP contribution is -2.29. The van der Waals surface area contributed by atoms with Crippen molar-refractivity contribution in [3.63, 3.8) is 0 Å². The van der Waals surface area contributed by atoms with Gasteiger partial charge in [0.15, 0.2) is 0 Å². The quantitative estimate of drug-likeness (QED) is 0.737. The molecule has 0 unspecified atom stereocenters. The number of para-hydroxylation sites is 1. The number of hydrogen-bond donors (Lipinski definition) is 0. The maximum absolute atomic E-state index is 12.3. The van der Waals surface area contributed by atoms with Crippen molar-refractivity contribution < 1.29 is 9.21 Å². The van der Waals surface area contributed by atoms with Crippen molar-refractivity contribution in [1.82, 2.24) is 9.88 Å². The van der Waals surface area contributed by atoms with Crippen LogP contribution in [0.5, 0.6) is 0 Å². The van der Waals surface area contributed by atoms with Crippen LogP contribution in [0, 0.1) is 0 Å². The summed E-state index contributed by atoms with van der Waals surface area (Å²) >= 11 is 1.62.